The summed E-state index contributed by atoms with van der Waals surface area (Å²) in [5.74, 6) is 0.985. The lowest BCUT2D eigenvalue weighted by Gasteiger charge is -2.31. The standard InChI is InChI=1S/C18H31NO2/c1-6-19-17(18(2,3)4)12-11-15-9-7-8-10-16(15)21-14-13-20-5/h7-10,17,19H,6,11-14H2,1-5H3. The third-order valence-electron chi connectivity index (χ3n) is 3.72. The van der Waals surface area contributed by atoms with E-state index >= 15 is 0 Å². The number of para-hydroxylation sites is 1. The lowest BCUT2D eigenvalue weighted by atomic mass is 9.83. The quantitative estimate of drug-likeness (QED) is 0.705. The molecule has 1 aromatic rings. The number of benzene rings is 1. The van der Waals surface area contributed by atoms with Crippen molar-refractivity contribution in [3.63, 3.8) is 0 Å². The second-order valence-electron chi connectivity index (χ2n) is 6.46. The third kappa shape index (κ3) is 6.49. The maximum Gasteiger partial charge on any atom is 0.122 e. The zero-order chi connectivity index (χ0) is 15.7. The normalized spacial score (nSPS) is 13.2. The van der Waals surface area contributed by atoms with Gasteiger partial charge in [0.05, 0.1) is 6.61 Å². The monoisotopic (exact) mass is 293 g/mol. The zero-order valence-corrected chi connectivity index (χ0v) is 14.2. The van der Waals surface area contributed by atoms with Gasteiger partial charge in [-0.3, -0.25) is 0 Å². The molecule has 0 saturated carbocycles. The van der Waals surface area contributed by atoms with Gasteiger partial charge in [0.25, 0.3) is 0 Å². The molecule has 120 valence electrons. The summed E-state index contributed by atoms with van der Waals surface area (Å²) in [4.78, 5) is 0. The van der Waals surface area contributed by atoms with E-state index in [1.807, 2.05) is 12.1 Å². The van der Waals surface area contributed by atoms with Crippen LogP contribution in [0.25, 0.3) is 0 Å². The van der Waals surface area contributed by atoms with Crippen molar-refractivity contribution in [2.75, 3.05) is 26.9 Å². The summed E-state index contributed by atoms with van der Waals surface area (Å²) >= 11 is 0. The molecule has 0 aliphatic carbocycles. The molecule has 0 aliphatic heterocycles. The van der Waals surface area contributed by atoms with Crippen LogP contribution in [0.3, 0.4) is 0 Å². The number of hydrogen-bond acceptors (Lipinski definition) is 3. The van der Waals surface area contributed by atoms with Crippen molar-refractivity contribution >= 4 is 0 Å². The minimum atomic E-state index is 0.266. The van der Waals surface area contributed by atoms with Crippen LogP contribution in [0.5, 0.6) is 5.75 Å². The lowest BCUT2D eigenvalue weighted by molar-refractivity contribution is 0.145. The molecule has 0 saturated heterocycles. The summed E-state index contributed by atoms with van der Waals surface area (Å²) in [6.07, 6.45) is 2.14. The Morgan fingerprint density at radius 2 is 1.86 bits per heavy atom. The Morgan fingerprint density at radius 3 is 2.48 bits per heavy atom. The predicted octanol–water partition coefficient (Wildman–Crippen LogP) is 3.67. The number of methoxy groups -OCH3 is 1. The SMILES string of the molecule is CCNC(CCc1ccccc1OCCOC)C(C)(C)C. The minimum absolute atomic E-state index is 0.266. The maximum absolute atomic E-state index is 5.81. The van der Waals surface area contributed by atoms with Crippen molar-refractivity contribution in [2.45, 2.75) is 46.6 Å². The van der Waals surface area contributed by atoms with Crippen molar-refractivity contribution in [3.8, 4) is 5.75 Å². The number of rotatable bonds is 9. The molecule has 0 bridgehead atoms. The number of hydrogen-bond donors (Lipinski definition) is 1. The second-order valence-corrected chi connectivity index (χ2v) is 6.46. The molecule has 1 atom stereocenters. The highest BCUT2D eigenvalue weighted by Crippen LogP contribution is 2.26. The molecule has 3 heteroatoms. The van der Waals surface area contributed by atoms with Crippen LogP contribution in [-0.4, -0.2) is 32.9 Å². The van der Waals surface area contributed by atoms with Gasteiger partial charge in [0.2, 0.25) is 0 Å². The Kier molecular flexibility index (Phi) is 7.76. The molecule has 1 aromatic carbocycles. The first-order valence-corrected chi connectivity index (χ1v) is 7.92. The largest absolute Gasteiger partial charge is 0.491 e. The highest BCUT2D eigenvalue weighted by Gasteiger charge is 2.23. The zero-order valence-electron chi connectivity index (χ0n) is 14.2. The molecule has 0 amide bonds. The average Bonchev–Trinajstić information content (AvgIpc) is 2.44. The molecule has 1 N–H and O–H groups in total. The van der Waals surface area contributed by atoms with E-state index in [0.717, 1.165) is 25.1 Å². The van der Waals surface area contributed by atoms with E-state index in [4.69, 9.17) is 9.47 Å². The van der Waals surface area contributed by atoms with Crippen LogP contribution in [0.1, 0.15) is 39.7 Å². The van der Waals surface area contributed by atoms with E-state index in [2.05, 4.69) is 45.1 Å². The summed E-state index contributed by atoms with van der Waals surface area (Å²) < 4.78 is 10.9. The van der Waals surface area contributed by atoms with Gasteiger partial charge in [-0.1, -0.05) is 45.9 Å². The number of ether oxygens (including phenoxy) is 2. The third-order valence-corrected chi connectivity index (χ3v) is 3.72. The molecule has 0 heterocycles. The van der Waals surface area contributed by atoms with Crippen LogP contribution in [0.2, 0.25) is 0 Å². The summed E-state index contributed by atoms with van der Waals surface area (Å²) in [6, 6.07) is 8.82. The van der Waals surface area contributed by atoms with Gasteiger partial charge in [-0.25, -0.2) is 0 Å². The molecule has 0 aliphatic rings. The van der Waals surface area contributed by atoms with Gasteiger partial charge in [-0.2, -0.15) is 0 Å². The fourth-order valence-electron chi connectivity index (χ4n) is 2.47. The Morgan fingerprint density at radius 1 is 1.14 bits per heavy atom. The summed E-state index contributed by atoms with van der Waals surface area (Å²) in [7, 11) is 1.69. The van der Waals surface area contributed by atoms with Gasteiger partial charge in [0.15, 0.2) is 0 Å². The Balaban J connectivity index is 2.64. The minimum Gasteiger partial charge on any atom is -0.491 e. The Bertz CT molecular complexity index is 398. The van der Waals surface area contributed by atoms with Crippen molar-refractivity contribution in [2.24, 2.45) is 5.41 Å². The summed E-state index contributed by atoms with van der Waals surface area (Å²) in [5.41, 5.74) is 1.54. The van der Waals surface area contributed by atoms with Gasteiger partial charge in [0, 0.05) is 13.2 Å². The lowest BCUT2D eigenvalue weighted by Crippen LogP contribution is -2.40. The topological polar surface area (TPSA) is 30.5 Å². The van der Waals surface area contributed by atoms with Crippen molar-refractivity contribution in [3.05, 3.63) is 29.8 Å². The van der Waals surface area contributed by atoms with Crippen LogP contribution < -0.4 is 10.1 Å². The van der Waals surface area contributed by atoms with Crippen LogP contribution in [-0.2, 0) is 11.2 Å². The molecule has 21 heavy (non-hydrogen) atoms. The van der Waals surface area contributed by atoms with E-state index in [1.54, 1.807) is 7.11 Å². The van der Waals surface area contributed by atoms with Crippen molar-refractivity contribution in [1.29, 1.82) is 0 Å². The van der Waals surface area contributed by atoms with Gasteiger partial charge in [0.1, 0.15) is 12.4 Å². The predicted molar refractivity (Wildman–Crippen MR) is 89.1 cm³/mol. The number of aryl methyl sites for hydroxylation is 1. The van der Waals surface area contributed by atoms with E-state index < -0.39 is 0 Å². The molecule has 0 spiro atoms. The molecular weight excluding hydrogens is 262 g/mol. The first kappa shape index (κ1) is 18.0. The fraction of sp³-hybridized carbons (Fsp3) is 0.667. The molecule has 1 rings (SSSR count). The molecule has 0 aromatic heterocycles. The Labute approximate surface area is 130 Å². The van der Waals surface area contributed by atoms with E-state index in [0.29, 0.717) is 19.3 Å². The summed E-state index contributed by atoms with van der Waals surface area (Å²) in [6.45, 7) is 11.3. The molecule has 1 unspecified atom stereocenters. The average molecular weight is 293 g/mol. The first-order chi connectivity index (χ1) is 9.99. The molecule has 0 radical (unpaired) electrons. The van der Waals surface area contributed by atoms with Gasteiger partial charge in [-0.05, 0) is 36.4 Å². The van der Waals surface area contributed by atoms with Gasteiger partial charge >= 0.3 is 0 Å². The second kappa shape index (κ2) is 9.06. The van der Waals surface area contributed by atoms with Gasteiger partial charge < -0.3 is 14.8 Å². The molecule has 3 nitrogen and oxygen atoms in total. The van der Waals surface area contributed by atoms with E-state index in [1.165, 1.54) is 5.56 Å². The van der Waals surface area contributed by atoms with Crippen LogP contribution in [0.4, 0.5) is 0 Å². The Hall–Kier alpha value is -1.06. The van der Waals surface area contributed by atoms with Crippen LogP contribution in [0.15, 0.2) is 24.3 Å². The highest BCUT2D eigenvalue weighted by atomic mass is 16.5. The van der Waals surface area contributed by atoms with E-state index in [9.17, 15) is 0 Å². The highest BCUT2D eigenvalue weighted by molar-refractivity contribution is 5.33. The van der Waals surface area contributed by atoms with E-state index in [-0.39, 0.29) is 5.41 Å². The fourth-order valence-corrected chi connectivity index (χ4v) is 2.47. The molecular formula is C18H31NO2. The molecule has 0 fully saturated rings. The van der Waals surface area contributed by atoms with Crippen molar-refractivity contribution < 1.29 is 9.47 Å². The summed E-state index contributed by atoms with van der Waals surface area (Å²) in [5, 5.41) is 3.60. The van der Waals surface area contributed by atoms with Gasteiger partial charge in [-0.15, -0.1) is 0 Å². The number of nitrogens with one attached hydrogen (secondary N) is 1. The smallest absolute Gasteiger partial charge is 0.122 e. The maximum atomic E-state index is 5.81. The van der Waals surface area contributed by atoms with Crippen molar-refractivity contribution in [1.82, 2.24) is 5.32 Å². The first-order valence-electron chi connectivity index (χ1n) is 7.92. The van der Waals surface area contributed by atoms with Crippen LogP contribution >= 0.6 is 0 Å². The van der Waals surface area contributed by atoms with Crippen LogP contribution in [0, 0.1) is 5.41 Å².